The van der Waals surface area contributed by atoms with Gasteiger partial charge >= 0.3 is 0 Å². The van der Waals surface area contributed by atoms with Crippen LogP contribution in [0.4, 0.5) is 5.69 Å². The molecule has 0 saturated heterocycles. The molecule has 2 aromatic rings. The minimum Gasteiger partial charge on any atom is -0.504 e. The second kappa shape index (κ2) is 8.06. The number of benzene rings is 2. The molecule has 0 unspecified atom stereocenters. The zero-order valence-corrected chi connectivity index (χ0v) is 15.8. The average Bonchev–Trinajstić information content (AvgIpc) is 2.58. The molecule has 0 atom stereocenters. The van der Waals surface area contributed by atoms with E-state index in [0.717, 1.165) is 5.56 Å². The van der Waals surface area contributed by atoms with Gasteiger partial charge in [0.25, 0.3) is 5.91 Å². The van der Waals surface area contributed by atoms with Gasteiger partial charge in [0.2, 0.25) is 0 Å². The molecular weight excluding hydrogens is 408 g/mol. The Labute approximate surface area is 158 Å². The van der Waals surface area contributed by atoms with E-state index in [2.05, 4.69) is 21.2 Å². The van der Waals surface area contributed by atoms with Crippen molar-refractivity contribution in [3.05, 3.63) is 56.5 Å². The van der Waals surface area contributed by atoms with Gasteiger partial charge in [-0.15, -0.1) is 0 Å². The first kappa shape index (κ1) is 18.8. The van der Waals surface area contributed by atoms with Crippen molar-refractivity contribution in [2.24, 2.45) is 0 Å². The number of ether oxygens (including phenoxy) is 1. The van der Waals surface area contributed by atoms with Crippen molar-refractivity contribution in [3.8, 4) is 17.6 Å². The Morgan fingerprint density at radius 2 is 2.12 bits per heavy atom. The highest BCUT2D eigenvalue weighted by molar-refractivity contribution is 9.10. The van der Waals surface area contributed by atoms with E-state index in [1.165, 1.54) is 13.2 Å². The number of methoxy groups -OCH3 is 1. The molecule has 5 nitrogen and oxygen atoms in total. The molecule has 0 fully saturated rings. The van der Waals surface area contributed by atoms with E-state index in [9.17, 15) is 15.2 Å². The molecule has 128 valence electrons. The van der Waals surface area contributed by atoms with Crippen LogP contribution < -0.4 is 10.1 Å². The third kappa shape index (κ3) is 4.53. The number of carbonyl (C=O) groups is 1. The van der Waals surface area contributed by atoms with Gasteiger partial charge in [0.05, 0.1) is 7.11 Å². The largest absolute Gasteiger partial charge is 0.504 e. The lowest BCUT2D eigenvalue weighted by molar-refractivity contribution is -0.112. The third-order valence-electron chi connectivity index (χ3n) is 3.40. The number of hydrogen-bond donors (Lipinski definition) is 2. The van der Waals surface area contributed by atoms with Crippen LogP contribution in [0.25, 0.3) is 6.08 Å². The highest BCUT2D eigenvalue weighted by Gasteiger charge is 2.14. The highest BCUT2D eigenvalue weighted by Crippen LogP contribution is 2.35. The van der Waals surface area contributed by atoms with Gasteiger partial charge in [0.15, 0.2) is 11.5 Å². The molecule has 2 rings (SSSR count). The van der Waals surface area contributed by atoms with Gasteiger partial charge in [0.1, 0.15) is 11.6 Å². The van der Waals surface area contributed by atoms with Crippen LogP contribution in [-0.2, 0) is 4.79 Å². The molecule has 7 heteroatoms. The summed E-state index contributed by atoms with van der Waals surface area (Å²) in [5.74, 6) is -0.541. The summed E-state index contributed by atoms with van der Waals surface area (Å²) in [6.45, 7) is 1.81. The van der Waals surface area contributed by atoms with Gasteiger partial charge in [-0.05, 0) is 42.8 Å². The maximum atomic E-state index is 12.4. The smallest absolute Gasteiger partial charge is 0.266 e. The van der Waals surface area contributed by atoms with E-state index in [4.69, 9.17) is 16.3 Å². The number of halogens is 2. The fourth-order valence-electron chi connectivity index (χ4n) is 2.08. The lowest BCUT2D eigenvalue weighted by atomic mass is 10.1. The van der Waals surface area contributed by atoms with Crippen molar-refractivity contribution in [3.63, 3.8) is 0 Å². The number of aryl methyl sites for hydroxylation is 1. The van der Waals surface area contributed by atoms with Gasteiger partial charge in [-0.2, -0.15) is 5.26 Å². The first-order valence-electron chi connectivity index (χ1n) is 7.11. The molecule has 0 radical (unpaired) electrons. The molecule has 0 aliphatic rings. The fourth-order valence-corrected chi connectivity index (χ4v) is 2.71. The van der Waals surface area contributed by atoms with Crippen LogP contribution in [-0.4, -0.2) is 18.1 Å². The first-order valence-corrected chi connectivity index (χ1v) is 8.28. The fraction of sp³-hybridized carbons (Fsp3) is 0.111. The van der Waals surface area contributed by atoms with Gasteiger partial charge in [-0.3, -0.25) is 4.79 Å². The third-order valence-corrected chi connectivity index (χ3v) is 4.09. The minimum atomic E-state index is -0.605. The van der Waals surface area contributed by atoms with Crippen LogP contribution in [0.15, 0.2) is 40.4 Å². The summed E-state index contributed by atoms with van der Waals surface area (Å²) in [6, 6.07) is 10.1. The number of nitriles is 1. The lowest BCUT2D eigenvalue weighted by Crippen LogP contribution is -2.14. The van der Waals surface area contributed by atoms with E-state index in [0.29, 0.717) is 15.2 Å². The zero-order valence-electron chi connectivity index (χ0n) is 13.4. The number of amides is 1. The van der Waals surface area contributed by atoms with Crippen LogP contribution in [0.3, 0.4) is 0 Å². The topological polar surface area (TPSA) is 82.3 Å². The summed E-state index contributed by atoms with van der Waals surface area (Å²) in [6.07, 6.45) is 1.29. The summed E-state index contributed by atoms with van der Waals surface area (Å²) >= 11 is 9.22. The molecule has 0 bridgehead atoms. The van der Waals surface area contributed by atoms with Gasteiger partial charge in [-0.1, -0.05) is 33.6 Å². The predicted molar refractivity (Wildman–Crippen MR) is 101 cm³/mol. The standard InChI is InChI=1S/C18H14BrClN2O3/c1-10-3-4-14(20)8-15(10)22-18(24)12(9-21)5-11-6-13(19)7-16(25-2)17(11)23/h3-8,23H,1-2H3,(H,22,24)/b12-5+. The molecular formula is C18H14BrClN2O3. The van der Waals surface area contributed by atoms with Crippen LogP contribution in [0.1, 0.15) is 11.1 Å². The monoisotopic (exact) mass is 420 g/mol. The van der Waals surface area contributed by atoms with E-state index < -0.39 is 5.91 Å². The molecule has 0 aliphatic carbocycles. The SMILES string of the molecule is COc1cc(Br)cc(/C=C(\C#N)C(=O)Nc2cc(Cl)ccc2C)c1O. The van der Waals surface area contributed by atoms with Crippen LogP contribution >= 0.6 is 27.5 Å². The quantitative estimate of drug-likeness (QED) is 0.555. The summed E-state index contributed by atoms with van der Waals surface area (Å²) in [5.41, 5.74) is 1.42. The molecule has 1 amide bonds. The van der Waals surface area contributed by atoms with Crippen molar-refractivity contribution in [1.29, 1.82) is 5.26 Å². The summed E-state index contributed by atoms with van der Waals surface area (Å²) < 4.78 is 5.70. The lowest BCUT2D eigenvalue weighted by Gasteiger charge is -2.10. The molecule has 0 spiro atoms. The Hall–Kier alpha value is -2.49. The molecule has 0 aliphatic heterocycles. The molecule has 0 heterocycles. The predicted octanol–water partition coefficient (Wildman–Crippen LogP) is 4.67. The minimum absolute atomic E-state index is 0.162. The Balaban J connectivity index is 2.38. The van der Waals surface area contributed by atoms with Crippen LogP contribution in [0.2, 0.25) is 5.02 Å². The van der Waals surface area contributed by atoms with Gasteiger partial charge < -0.3 is 15.2 Å². The second-order valence-corrected chi connectivity index (χ2v) is 6.48. The van der Waals surface area contributed by atoms with Crippen molar-refractivity contribution in [2.75, 3.05) is 12.4 Å². The van der Waals surface area contributed by atoms with E-state index in [1.807, 2.05) is 13.0 Å². The van der Waals surface area contributed by atoms with Crippen molar-refractivity contribution < 1.29 is 14.6 Å². The van der Waals surface area contributed by atoms with Crippen molar-refractivity contribution in [1.82, 2.24) is 0 Å². The second-order valence-electron chi connectivity index (χ2n) is 5.13. The summed E-state index contributed by atoms with van der Waals surface area (Å²) in [4.78, 5) is 12.4. The van der Waals surface area contributed by atoms with Crippen LogP contribution in [0.5, 0.6) is 11.5 Å². The molecule has 0 aromatic heterocycles. The van der Waals surface area contributed by atoms with Gasteiger partial charge in [0, 0.05) is 20.7 Å². The highest BCUT2D eigenvalue weighted by atomic mass is 79.9. The maximum absolute atomic E-state index is 12.4. The Morgan fingerprint density at radius 1 is 1.40 bits per heavy atom. The number of anilines is 1. The molecule has 2 aromatic carbocycles. The van der Waals surface area contributed by atoms with Crippen LogP contribution in [0, 0.1) is 18.3 Å². The first-order chi connectivity index (χ1) is 11.8. The number of phenolic OH excluding ortho intramolecular Hbond substituents is 1. The average molecular weight is 422 g/mol. The Bertz CT molecular complexity index is 904. The normalized spacial score (nSPS) is 10.9. The summed E-state index contributed by atoms with van der Waals surface area (Å²) in [5, 5.41) is 22.6. The number of nitrogens with one attached hydrogen (secondary N) is 1. The van der Waals surface area contributed by atoms with Crippen molar-refractivity contribution in [2.45, 2.75) is 6.92 Å². The number of rotatable bonds is 4. The number of hydrogen-bond acceptors (Lipinski definition) is 4. The van der Waals surface area contributed by atoms with Gasteiger partial charge in [-0.25, -0.2) is 0 Å². The Morgan fingerprint density at radius 3 is 2.76 bits per heavy atom. The number of phenols is 1. The molecule has 2 N–H and O–H groups in total. The molecule has 0 saturated carbocycles. The molecule has 25 heavy (non-hydrogen) atoms. The van der Waals surface area contributed by atoms with Crippen molar-refractivity contribution >= 4 is 45.2 Å². The maximum Gasteiger partial charge on any atom is 0.266 e. The number of carbonyl (C=O) groups excluding carboxylic acids is 1. The Kier molecular flexibility index (Phi) is 6.07. The van der Waals surface area contributed by atoms with E-state index >= 15 is 0 Å². The van der Waals surface area contributed by atoms with E-state index in [1.54, 1.807) is 30.3 Å². The number of nitrogens with zero attached hydrogens (tertiary/aromatic N) is 1. The number of aromatic hydroxyl groups is 1. The zero-order chi connectivity index (χ0) is 18.6. The van der Waals surface area contributed by atoms with E-state index in [-0.39, 0.29) is 22.6 Å². The summed E-state index contributed by atoms with van der Waals surface area (Å²) in [7, 11) is 1.41.